The van der Waals surface area contributed by atoms with Crippen LogP contribution in [0.15, 0.2) is 18.3 Å². The van der Waals surface area contributed by atoms with Crippen LogP contribution in [0.4, 0.5) is 0 Å². The SMILES string of the molecule is COc1cc2c(Cl)c(C#N)cnc2cc1OCCCN1CCCCC1. The quantitative estimate of drug-likeness (QED) is 0.729. The van der Waals surface area contributed by atoms with E-state index in [0.29, 0.717) is 39.6 Å². The van der Waals surface area contributed by atoms with E-state index in [2.05, 4.69) is 9.88 Å². The number of piperidine rings is 1. The normalized spacial score (nSPS) is 15.1. The molecule has 0 saturated carbocycles. The first kappa shape index (κ1) is 17.8. The number of aromatic nitrogens is 1. The van der Waals surface area contributed by atoms with Crippen LogP contribution in [0.3, 0.4) is 0 Å². The number of likely N-dealkylation sites (tertiary alicyclic amines) is 1. The van der Waals surface area contributed by atoms with Gasteiger partial charge >= 0.3 is 0 Å². The van der Waals surface area contributed by atoms with E-state index in [-0.39, 0.29) is 0 Å². The number of nitriles is 1. The van der Waals surface area contributed by atoms with Crippen molar-refractivity contribution >= 4 is 22.5 Å². The Morgan fingerprint density at radius 3 is 2.76 bits per heavy atom. The van der Waals surface area contributed by atoms with Crippen molar-refractivity contribution in [2.75, 3.05) is 33.4 Å². The molecule has 3 rings (SSSR count). The summed E-state index contributed by atoms with van der Waals surface area (Å²) in [6.45, 7) is 4.08. The summed E-state index contributed by atoms with van der Waals surface area (Å²) >= 11 is 6.27. The molecule has 0 atom stereocenters. The van der Waals surface area contributed by atoms with Gasteiger partial charge in [0, 0.05) is 24.2 Å². The topological polar surface area (TPSA) is 58.4 Å². The molecule has 25 heavy (non-hydrogen) atoms. The van der Waals surface area contributed by atoms with E-state index in [1.807, 2.05) is 12.1 Å². The molecule has 5 nitrogen and oxygen atoms in total. The third-order valence-electron chi connectivity index (χ3n) is 4.53. The van der Waals surface area contributed by atoms with Crippen molar-refractivity contribution in [3.8, 4) is 17.6 Å². The van der Waals surface area contributed by atoms with Gasteiger partial charge in [0.15, 0.2) is 11.5 Å². The van der Waals surface area contributed by atoms with Gasteiger partial charge in [-0.1, -0.05) is 18.0 Å². The van der Waals surface area contributed by atoms with Gasteiger partial charge in [-0.25, -0.2) is 0 Å². The number of methoxy groups -OCH3 is 1. The first-order valence-electron chi connectivity index (χ1n) is 8.64. The van der Waals surface area contributed by atoms with Crippen LogP contribution < -0.4 is 9.47 Å². The molecule has 1 aromatic heterocycles. The van der Waals surface area contributed by atoms with Crippen LogP contribution in [0, 0.1) is 11.3 Å². The van der Waals surface area contributed by atoms with Crippen molar-refractivity contribution < 1.29 is 9.47 Å². The van der Waals surface area contributed by atoms with Crippen molar-refractivity contribution in [3.63, 3.8) is 0 Å². The number of pyridine rings is 1. The maximum absolute atomic E-state index is 9.08. The summed E-state index contributed by atoms with van der Waals surface area (Å²) in [7, 11) is 1.59. The number of hydrogen-bond donors (Lipinski definition) is 0. The highest BCUT2D eigenvalue weighted by Gasteiger charge is 2.13. The van der Waals surface area contributed by atoms with Crippen molar-refractivity contribution in [1.29, 1.82) is 5.26 Å². The number of halogens is 1. The van der Waals surface area contributed by atoms with Gasteiger partial charge in [0.2, 0.25) is 0 Å². The van der Waals surface area contributed by atoms with E-state index in [1.54, 1.807) is 13.2 Å². The fourth-order valence-electron chi connectivity index (χ4n) is 3.17. The molecule has 1 aliphatic rings. The number of benzene rings is 1. The summed E-state index contributed by atoms with van der Waals surface area (Å²) < 4.78 is 11.3. The zero-order chi connectivity index (χ0) is 17.6. The standard InChI is InChI=1S/C19H22ClN3O2/c1-24-17-10-15-16(22-13-14(12-21)19(15)20)11-18(17)25-9-5-8-23-6-3-2-4-7-23/h10-11,13H,2-9H2,1H3. The van der Waals surface area contributed by atoms with Gasteiger partial charge in [-0.2, -0.15) is 5.26 Å². The molecule has 1 saturated heterocycles. The van der Waals surface area contributed by atoms with E-state index < -0.39 is 0 Å². The smallest absolute Gasteiger partial charge is 0.163 e. The van der Waals surface area contributed by atoms with E-state index in [0.717, 1.165) is 13.0 Å². The van der Waals surface area contributed by atoms with E-state index >= 15 is 0 Å². The minimum atomic E-state index is 0.353. The monoisotopic (exact) mass is 359 g/mol. The van der Waals surface area contributed by atoms with Crippen LogP contribution in [-0.4, -0.2) is 43.2 Å². The maximum Gasteiger partial charge on any atom is 0.163 e. The van der Waals surface area contributed by atoms with Crippen LogP contribution in [0.5, 0.6) is 11.5 Å². The van der Waals surface area contributed by atoms with Crippen LogP contribution in [0.1, 0.15) is 31.2 Å². The Hall–Kier alpha value is -2.03. The van der Waals surface area contributed by atoms with E-state index in [1.165, 1.54) is 38.5 Å². The third-order valence-corrected chi connectivity index (χ3v) is 4.94. The van der Waals surface area contributed by atoms with Crippen LogP contribution in [0.2, 0.25) is 5.02 Å². The molecular formula is C19H22ClN3O2. The highest BCUT2D eigenvalue weighted by atomic mass is 35.5. The average Bonchev–Trinajstić information content (AvgIpc) is 2.66. The number of nitrogens with zero attached hydrogens (tertiary/aromatic N) is 3. The number of fused-ring (bicyclic) bond motifs is 1. The summed E-state index contributed by atoms with van der Waals surface area (Å²) in [4.78, 5) is 6.80. The van der Waals surface area contributed by atoms with Gasteiger partial charge in [0.05, 0.1) is 29.8 Å². The molecule has 0 unspecified atom stereocenters. The van der Waals surface area contributed by atoms with Gasteiger partial charge in [0.1, 0.15) is 6.07 Å². The maximum atomic E-state index is 9.08. The first-order valence-corrected chi connectivity index (χ1v) is 9.02. The Kier molecular flexibility index (Phi) is 5.95. The van der Waals surface area contributed by atoms with Gasteiger partial charge in [0.25, 0.3) is 0 Å². The highest BCUT2D eigenvalue weighted by molar-refractivity contribution is 6.36. The van der Waals surface area contributed by atoms with Crippen LogP contribution in [-0.2, 0) is 0 Å². The largest absolute Gasteiger partial charge is 0.493 e. The molecule has 0 N–H and O–H groups in total. The zero-order valence-electron chi connectivity index (χ0n) is 14.4. The van der Waals surface area contributed by atoms with E-state index in [9.17, 15) is 0 Å². The number of ether oxygens (including phenoxy) is 2. The lowest BCUT2D eigenvalue weighted by Gasteiger charge is -2.26. The molecule has 6 heteroatoms. The molecule has 0 amide bonds. The molecule has 0 bridgehead atoms. The van der Waals surface area contributed by atoms with Crippen LogP contribution >= 0.6 is 11.6 Å². The summed E-state index contributed by atoms with van der Waals surface area (Å²) in [5.41, 5.74) is 1.04. The minimum Gasteiger partial charge on any atom is -0.493 e. The summed E-state index contributed by atoms with van der Waals surface area (Å²) in [6.07, 6.45) is 6.41. The number of hydrogen-bond acceptors (Lipinski definition) is 5. The lowest BCUT2D eigenvalue weighted by molar-refractivity contribution is 0.203. The van der Waals surface area contributed by atoms with Crippen LogP contribution in [0.25, 0.3) is 10.9 Å². The lowest BCUT2D eigenvalue weighted by atomic mass is 10.1. The number of rotatable bonds is 6. The molecular weight excluding hydrogens is 338 g/mol. The molecule has 2 heterocycles. The summed E-state index contributed by atoms with van der Waals surface area (Å²) in [5.74, 6) is 1.26. The van der Waals surface area contributed by atoms with Crippen molar-refractivity contribution in [2.24, 2.45) is 0 Å². The molecule has 132 valence electrons. The fourth-order valence-corrected chi connectivity index (χ4v) is 3.41. The Bertz CT molecular complexity index is 782. The summed E-state index contributed by atoms with van der Waals surface area (Å²) in [5, 5.41) is 10.2. The zero-order valence-corrected chi connectivity index (χ0v) is 15.2. The second kappa shape index (κ2) is 8.37. The minimum absolute atomic E-state index is 0.353. The molecule has 0 spiro atoms. The van der Waals surface area contributed by atoms with Crippen molar-refractivity contribution in [1.82, 2.24) is 9.88 Å². The van der Waals surface area contributed by atoms with Crippen molar-refractivity contribution in [2.45, 2.75) is 25.7 Å². The molecule has 0 radical (unpaired) electrons. The fraction of sp³-hybridized carbons (Fsp3) is 0.474. The molecule has 2 aromatic rings. The Labute approximate surface area is 153 Å². The Morgan fingerprint density at radius 1 is 1.24 bits per heavy atom. The Morgan fingerprint density at radius 2 is 2.04 bits per heavy atom. The molecule has 0 aliphatic carbocycles. The molecule has 1 aromatic carbocycles. The molecule has 1 fully saturated rings. The molecule has 1 aliphatic heterocycles. The van der Waals surface area contributed by atoms with Crippen molar-refractivity contribution in [3.05, 3.63) is 28.9 Å². The van der Waals surface area contributed by atoms with Gasteiger partial charge in [-0.15, -0.1) is 0 Å². The second-order valence-corrected chi connectivity index (χ2v) is 6.60. The lowest BCUT2D eigenvalue weighted by Crippen LogP contribution is -2.31. The second-order valence-electron chi connectivity index (χ2n) is 6.22. The third kappa shape index (κ3) is 4.15. The van der Waals surface area contributed by atoms with Gasteiger partial charge < -0.3 is 14.4 Å². The predicted octanol–water partition coefficient (Wildman–Crippen LogP) is 4.02. The predicted molar refractivity (Wildman–Crippen MR) is 98.4 cm³/mol. The van der Waals surface area contributed by atoms with Gasteiger partial charge in [-0.05, 0) is 38.4 Å². The van der Waals surface area contributed by atoms with E-state index in [4.69, 9.17) is 26.3 Å². The summed E-state index contributed by atoms with van der Waals surface area (Å²) in [6, 6.07) is 5.65. The highest BCUT2D eigenvalue weighted by Crippen LogP contribution is 2.35. The average molecular weight is 360 g/mol. The Balaban J connectivity index is 1.69. The first-order chi connectivity index (χ1) is 12.2. The van der Waals surface area contributed by atoms with Gasteiger partial charge in [-0.3, -0.25) is 4.98 Å².